The van der Waals surface area contributed by atoms with Crippen LogP contribution in [0.1, 0.15) is 29.9 Å². The molecule has 0 unspecified atom stereocenters. The fraction of sp³-hybridized carbons (Fsp3) is 0.238. The molecule has 0 aliphatic carbocycles. The van der Waals surface area contributed by atoms with Gasteiger partial charge in [0.1, 0.15) is 5.82 Å². The van der Waals surface area contributed by atoms with Crippen molar-refractivity contribution in [1.29, 1.82) is 0 Å². The van der Waals surface area contributed by atoms with Gasteiger partial charge in [0.15, 0.2) is 5.11 Å². The van der Waals surface area contributed by atoms with Crippen LogP contribution in [0.2, 0.25) is 0 Å². The van der Waals surface area contributed by atoms with E-state index in [0.29, 0.717) is 18.1 Å². The Bertz CT molecular complexity index is 945. The van der Waals surface area contributed by atoms with E-state index in [1.54, 1.807) is 18.3 Å². The van der Waals surface area contributed by atoms with E-state index in [1.807, 2.05) is 41.1 Å². The number of nitrogens with zero attached hydrogens (tertiary/aromatic N) is 3. The first kappa shape index (κ1) is 18.6. The zero-order chi connectivity index (χ0) is 19.5. The van der Waals surface area contributed by atoms with Crippen LogP contribution in [0.4, 0.5) is 4.39 Å². The number of pyridine rings is 1. The monoisotopic (exact) mass is 396 g/mol. The summed E-state index contributed by atoms with van der Waals surface area (Å²) in [7, 11) is 0. The van der Waals surface area contributed by atoms with Crippen LogP contribution < -0.4 is 5.32 Å². The number of aliphatic hydroxyl groups is 1. The summed E-state index contributed by atoms with van der Waals surface area (Å²) in [5.41, 5.74) is 2.79. The van der Waals surface area contributed by atoms with Crippen LogP contribution in [-0.2, 0) is 0 Å². The number of thiocarbonyl (C=S) groups is 1. The zero-order valence-electron chi connectivity index (χ0n) is 15.2. The molecule has 0 amide bonds. The Kier molecular flexibility index (Phi) is 5.36. The number of hydrogen-bond donors (Lipinski definition) is 2. The minimum Gasteiger partial charge on any atom is -0.396 e. The molecule has 3 heterocycles. The zero-order valence-corrected chi connectivity index (χ0v) is 16.0. The number of rotatable bonds is 6. The van der Waals surface area contributed by atoms with Crippen molar-refractivity contribution in [2.45, 2.75) is 18.5 Å². The number of aromatic nitrogens is 2. The number of nitrogens with one attached hydrogen (secondary N) is 1. The van der Waals surface area contributed by atoms with Crippen molar-refractivity contribution < 1.29 is 9.50 Å². The lowest BCUT2D eigenvalue weighted by Crippen LogP contribution is -2.31. The molecule has 0 radical (unpaired) electrons. The molecule has 1 aromatic carbocycles. The molecule has 4 rings (SSSR count). The van der Waals surface area contributed by atoms with Crippen LogP contribution in [0, 0.1) is 5.82 Å². The molecule has 1 aliphatic heterocycles. The average molecular weight is 396 g/mol. The predicted molar refractivity (Wildman–Crippen MR) is 110 cm³/mol. The van der Waals surface area contributed by atoms with Crippen molar-refractivity contribution in [1.82, 2.24) is 19.8 Å². The van der Waals surface area contributed by atoms with E-state index < -0.39 is 0 Å². The Morgan fingerprint density at radius 1 is 1.11 bits per heavy atom. The van der Waals surface area contributed by atoms with E-state index in [9.17, 15) is 9.50 Å². The second kappa shape index (κ2) is 8.08. The molecule has 144 valence electrons. The van der Waals surface area contributed by atoms with E-state index in [2.05, 4.69) is 15.2 Å². The number of hydrogen-bond acceptors (Lipinski definition) is 3. The Hall–Kier alpha value is -2.77. The van der Waals surface area contributed by atoms with Crippen LogP contribution in [0.15, 0.2) is 67.0 Å². The van der Waals surface area contributed by atoms with Crippen LogP contribution >= 0.6 is 12.2 Å². The van der Waals surface area contributed by atoms with Gasteiger partial charge in [-0.2, -0.15) is 0 Å². The van der Waals surface area contributed by atoms with E-state index >= 15 is 0 Å². The summed E-state index contributed by atoms with van der Waals surface area (Å²) >= 11 is 5.61. The van der Waals surface area contributed by atoms with Gasteiger partial charge in [-0.1, -0.05) is 6.07 Å². The van der Waals surface area contributed by atoms with Crippen LogP contribution in [-0.4, -0.2) is 37.8 Å². The molecule has 2 atom stereocenters. The third-order valence-corrected chi connectivity index (χ3v) is 5.30. The quantitative estimate of drug-likeness (QED) is 0.626. The van der Waals surface area contributed by atoms with Gasteiger partial charge in [0.05, 0.1) is 17.8 Å². The summed E-state index contributed by atoms with van der Waals surface area (Å²) in [4.78, 5) is 6.62. The molecule has 7 heteroatoms. The van der Waals surface area contributed by atoms with Crippen LogP contribution in [0.25, 0.3) is 5.69 Å². The van der Waals surface area contributed by atoms with Gasteiger partial charge < -0.3 is 19.9 Å². The molecule has 1 saturated heterocycles. The van der Waals surface area contributed by atoms with E-state index in [0.717, 1.165) is 17.1 Å². The molecule has 0 bridgehead atoms. The van der Waals surface area contributed by atoms with E-state index in [-0.39, 0.29) is 24.5 Å². The van der Waals surface area contributed by atoms with Crippen molar-refractivity contribution in [2.24, 2.45) is 0 Å². The van der Waals surface area contributed by atoms with Gasteiger partial charge >= 0.3 is 0 Å². The summed E-state index contributed by atoms with van der Waals surface area (Å²) in [5, 5.41) is 13.4. The number of halogens is 1. The predicted octanol–water partition coefficient (Wildman–Crippen LogP) is 3.37. The summed E-state index contributed by atoms with van der Waals surface area (Å²) in [5.74, 6) is -0.267. The molecule has 0 saturated carbocycles. The topological polar surface area (TPSA) is 53.3 Å². The maximum atomic E-state index is 13.4. The Labute approximate surface area is 168 Å². The molecule has 0 spiro atoms. The van der Waals surface area contributed by atoms with Gasteiger partial charge in [-0.15, -0.1) is 0 Å². The molecule has 2 aromatic heterocycles. The van der Waals surface area contributed by atoms with Crippen LogP contribution in [0.5, 0.6) is 0 Å². The maximum absolute atomic E-state index is 13.4. The fourth-order valence-corrected chi connectivity index (χ4v) is 4.01. The normalized spacial score (nSPS) is 19.1. The van der Waals surface area contributed by atoms with Crippen molar-refractivity contribution in [2.75, 3.05) is 13.2 Å². The standard InChI is InChI=1S/C21H21FN4OS/c22-15-7-9-16(10-8-15)25-12-3-6-18(25)20-19(17-5-1-2-11-23-17)24-21(28)26(20)13-4-14-27/h1-3,5-12,19-20,27H,4,13-14H2,(H,24,28)/t19-,20-/m1/s1. The first-order valence-electron chi connectivity index (χ1n) is 9.21. The number of aliphatic hydroxyl groups excluding tert-OH is 1. The molecule has 2 N–H and O–H groups in total. The highest BCUT2D eigenvalue weighted by molar-refractivity contribution is 7.80. The van der Waals surface area contributed by atoms with Gasteiger partial charge in [-0.25, -0.2) is 4.39 Å². The fourth-order valence-electron chi connectivity index (χ4n) is 3.68. The summed E-state index contributed by atoms with van der Waals surface area (Å²) < 4.78 is 15.4. The van der Waals surface area contributed by atoms with Crippen molar-refractivity contribution >= 4 is 17.3 Å². The Morgan fingerprint density at radius 2 is 1.93 bits per heavy atom. The number of benzene rings is 1. The van der Waals surface area contributed by atoms with Crippen LogP contribution in [0.3, 0.4) is 0 Å². The largest absolute Gasteiger partial charge is 0.396 e. The third-order valence-electron chi connectivity index (χ3n) is 4.94. The summed E-state index contributed by atoms with van der Waals surface area (Å²) in [6.07, 6.45) is 4.35. The molecule has 5 nitrogen and oxygen atoms in total. The molecule has 28 heavy (non-hydrogen) atoms. The van der Waals surface area contributed by atoms with Gasteiger partial charge in [-0.05, 0) is 67.2 Å². The van der Waals surface area contributed by atoms with Crippen molar-refractivity contribution in [3.05, 3.63) is 84.2 Å². The minimum atomic E-state index is -0.267. The first-order chi connectivity index (χ1) is 13.7. The van der Waals surface area contributed by atoms with Gasteiger partial charge in [0, 0.05) is 36.9 Å². The smallest absolute Gasteiger partial charge is 0.170 e. The highest BCUT2D eigenvalue weighted by Crippen LogP contribution is 2.39. The molecule has 1 fully saturated rings. The van der Waals surface area contributed by atoms with Gasteiger partial charge in [-0.3, -0.25) is 4.98 Å². The molecular weight excluding hydrogens is 375 g/mol. The van der Waals surface area contributed by atoms with E-state index in [4.69, 9.17) is 12.2 Å². The summed E-state index contributed by atoms with van der Waals surface area (Å²) in [6.45, 7) is 0.726. The highest BCUT2D eigenvalue weighted by Gasteiger charge is 2.40. The minimum absolute atomic E-state index is 0.0963. The SMILES string of the molecule is OCCCN1C(=S)N[C@H](c2ccccn2)[C@H]1c1cccn1-c1ccc(F)cc1. The Morgan fingerprint density at radius 3 is 2.64 bits per heavy atom. The van der Waals surface area contributed by atoms with Gasteiger partial charge in [0.25, 0.3) is 0 Å². The first-order valence-corrected chi connectivity index (χ1v) is 9.62. The molecular formula is C21H21FN4OS. The molecule has 1 aliphatic rings. The second-order valence-corrected chi connectivity index (χ2v) is 7.06. The lowest BCUT2D eigenvalue weighted by molar-refractivity contribution is 0.245. The highest BCUT2D eigenvalue weighted by atomic mass is 32.1. The van der Waals surface area contributed by atoms with Crippen molar-refractivity contribution in [3.63, 3.8) is 0 Å². The van der Waals surface area contributed by atoms with Gasteiger partial charge in [0.2, 0.25) is 0 Å². The second-order valence-electron chi connectivity index (χ2n) is 6.68. The maximum Gasteiger partial charge on any atom is 0.170 e. The Balaban J connectivity index is 1.78. The lowest BCUT2D eigenvalue weighted by atomic mass is 10.0. The van der Waals surface area contributed by atoms with E-state index in [1.165, 1.54) is 12.1 Å². The lowest BCUT2D eigenvalue weighted by Gasteiger charge is -2.28. The third kappa shape index (κ3) is 3.50. The van der Waals surface area contributed by atoms with Crippen molar-refractivity contribution in [3.8, 4) is 5.69 Å². The molecule has 3 aromatic rings. The average Bonchev–Trinajstić information content (AvgIpc) is 3.32. The summed E-state index contributed by atoms with van der Waals surface area (Å²) in [6, 6.07) is 16.0.